The highest BCUT2D eigenvalue weighted by Crippen LogP contribution is 2.40. The van der Waals surface area contributed by atoms with Crippen molar-refractivity contribution in [2.45, 2.75) is 32.0 Å². The number of nitrogens with zero attached hydrogens (tertiary/aromatic N) is 1. The molecule has 0 saturated heterocycles. The minimum absolute atomic E-state index is 0.207. The predicted molar refractivity (Wildman–Crippen MR) is 71.9 cm³/mol. The highest BCUT2D eigenvalue weighted by atomic mass is 32.1. The number of carbonyl (C=O) groups excluding carboxylic acids is 2. The Labute approximate surface area is 128 Å². The molecule has 5 nitrogen and oxygen atoms in total. The fraction of sp³-hybridized carbons (Fsp3) is 0.615. The van der Waals surface area contributed by atoms with E-state index in [-0.39, 0.29) is 10.9 Å². The van der Waals surface area contributed by atoms with E-state index in [0.29, 0.717) is 12.8 Å². The van der Waals surface area contributed by atoms with Gasteiger partial charge in [0, 0.05) is 5.38 Å². The monoisotopic (exact) mass is 336 g/mol. The first-order chi connectivity index (χ1) is 10.3. The Balaban J connectivity index is 2.00. The third-order valence-corrected chi connectivity index (χ3v) is 4.42. The molecule has 0 unspecified atom stereocenters. The van der Waals surface area contributed by atoms with Crippen LogP contribution in [0.3, 0.4) is 0 Å². The SMILES string of the molecule is CC[C@@H](NC(=O)[C@H]1C[C@@H]1C(=O)OC)c1nc(C(F)(F)F)cs1. The zero-order chi connectivity index (χ0) is 16.5. The molecule has 22 heavy (non-hydrogen) atoms. The van der Waals surface area contributed by atoms with Crippen molar-refractivity contribution in [2.75, 3.05) is 7.11 Å². The number of hydrogen-bond acceptors (Lipinski definition) is 5. The number of thiazole rings is 1. The van der Waals surface area contributed by atoms with Gasteiger partial charge in [-0.15, -0.1) is 11.3 Å². The predicted octanol–water partition coefficient (Wildman–Crippen LogP) is 2.54. The lowest BCUT2D eigenvalue weighted by Gasteiger charge is -2.14. The summed E-state index contributed by atoms with van der Waals surface area (Å²) in [6, 6.07) is -0.590. The first-order valence-electron chi connectivity index (χ1n) is 6.68. The maximum atomic E-state index is 12.6. The van der Waals surface area contributed by atoms with Crippen molar-refractivity contribution in [2.24, 2.45) is 11.8 Å². The maximum Gasteiger partial charge on any atom is 0.434 e. The van der Waals surface area contributed by atoms with Crippen molar-refractivity contribution in [1.82, 2.24) is 10.3 Å². The molecule has 0 aliphatic heterocycles. The van der Waals surface area contributed by atoms with E-state index in [1.54, 1.807) is 6.92 Å². The Hall–Kier alpha value is -1.64. The van der Waals surface area contributed by atoms with Gasteiger partial charge in [0.1, 0.15) is 5.01 Å². The van der Waals surface area contributed by atoms with Gasteiger partial charge in [-0.2, -0.15) is 13.2 Å². The van der Waals surface area contributed by atoms with E-state index in [2.05, 4.69) is 15.0 Å². The molecular formula is C13H15F3N2O3S. The Morgan fingerprint density at radius 2 is 2.18 bits per heavy atom. The minimum Gasteiger partial charge on any atom is -0.469 e. The normalized spacial score (nSPS) is 22.0. The number of esters is 1. The van der Waals surface area contributed by atoms with Crippen molar-refractivity contribution in [3.8, 4) is 0 Å². The van der Waals surface area contributed by atoms with Crippen molar-refractivity contribution in [3.05, 3.63) is 16.1 Å². The van der Waals surface area contributed by atoms with E-state index >= 15 is 0 Å². The third-order valence-electron chi connectivity index (χ3n) is 3.47. The van der Waals surface area contributed by atoms with Gasteiger partial charge in [-0.3, -0.25) is 9.59 Å². The number of amides is 1. The Bertz CT molecular complexity index is 573. The van der Waals surface area contributed by atoms with Crippen LogP contribution in [0.2, 0.25) is 0 Å². The first kappa shape index (κ1) is 16.7. The summed E-state index contributed by atoms with van der Waals surface area (Å²) in [5.74, 6) is -1.72. The second kappa shape index (κ2) is 6.23. The van der Waals surface area contributed by atoms with Gasteiger partial charge in [0.2, 0.25) is 5.91 Å². The lowest BCUT2D eigenvalue weighted by Crippen LogP contribution is -2.30. The molecule has 0 radical (unpaired) electrons. The number of ether oxygens (including phenoxy) is 1. The third kappa shape index (κ3) is 3.57. The van der Waals surface area contributed by atoms with Gasteiger partial charge in [0.05, 0.1) is 25.0 Å². The van der Waals surface area contributed by atoms with E-state index in [1.165, 1.54) is 7.11 Å². The highest BCUT2D eigenvalue weighted by Gasteiger charge is 2.49. The molecule has 0 spiro atoms. The average molecular weight is 336 g/mol. The molecule has 9 heteroatoms. The quantitative estimate of drug-likeness (QED) is 0.839. The zero-order valence-electron chi connectivity index (χ0n) is 11.9. The number of hydrogen-bond donors (Lipinski definition) is 1. The number of methoxy groups -OCH3 is 1. The van der Waals surface area contributed by atoms with Crippen LogP contribution in [-0.2, 0) is 20.5 Å². The summed E-state index contributed by atoms with van der Waals surface area (Å²) in [6.45, 7) is 1.74. The fourth-order valence-corrected chi connectivity index (χ4v) is 3.05. The summed E-state index contributed by atoms with van der Waals surface area (Å²) < 4.78 is 42.2. The number of rotatable bonds is 5. The topological polar surface area (TPSA) is 68.3 Å². The molecule has 1 N–H and O–H groups in total. The van der Waals surface area contributed by atoms with Gasteiger partial charge < -0.3 is 10.1 Å². The fourth-order valence-electron chi connectivity index (χ4n) is 2.09. The van der Waals surface area contributed by atoms with E-state index in [1.807, 2.05) is 0 Å². The molecule has 1 aliphatic rings. The number of carbonyl (C=O) groups is 2. The second-order valence-electron chi connectivity index (χ2n) is 5.01. The summed E-state index contributed by atoms with van der Waals surface area (Å²) >= 11 is 0.857. The van der Waals surface area contributed by atoms with Gasteiger partial charge in [-0.05, 0) is 12.8 Å². The molecule has 0 bridgehead atoms. The van der Waals surface area contributed by atoms with Crippen molar-refractivity contribution >= 4 is 23.2 Å². The van der Waals surface area contributed by atoms with Crippen molar-refractivity contribution < 1.29 is 27.5 Å². The number of aromatic nitrogens is 1. The Morgan fingerprint density at radius 1 is 1.50 bits per heavy atom. The van der Waals surface area contributed by atoms with Crippen LogP contribution in [0, 0.1) is 11.8 Å². The van der Waals surface area contributed by atoms with Gasteiger partial charge in [-0.1, -0.05) is 6.92 Å². The van der Waals surface area contributed by atoms with E-state index in [4.69, 9.17) is 0 Å². The molecule has 1 fully saturated rings. The molecule has 1 aromatic heterocycles. The molecule has 0 aromatic carbocycles. The van der Waals surface area contributed by atoms with Crippen molar-refractivity contribution in [3.63, 3.8) is 0 Å². The summed E-state index contributed by atoms with van der Waals surface area (Å²) in [5, 5.41) is 3.79. The zero-order valence-corrected chi connectivity index (χ0v) is 12.8. The number of halogens is 3. The minimum atomic E-state index is -4.50. The lowest BCUT2D eigenvalue weighted by atomic mass is 10.2. The van der Waals surface area contributed by atoms with Gasteiger partial charge in [0.15, 0.2) is 5.69 Å². The van der Waals surface area contributed by atoms with E-state index in [9.17, 15) is 22.8 Å². The number of nitrogens with one attached hydrogen (secondary N) is 1. The largest absolute Gasteiger partial charge is 0.469 e. The molecular weight excluding hydrogens is 321 g/mol. The first-order valence-corrected chi connectivity index (χ1v) is 7.56. The smallest absolute Gasteiger partial charge is 0.434 e. The average Bonchev–Trinajstić information content (AvgIpc) is 3.10. The van der Waals surface area contributed by atoms with Gasteiger partial charge >= 0.3 is 12.1 Å². The van der Waals surface area contributed by atoms with Gasteiger partial charge in [0.25, 0.3) is 0 Å². The molecule has 1 amide bonds. The Morgan fingerprint density at radius 3 is 2.68 bits per heavy atom. The second-order valence-corrected chi connectivity index (χ2v) is 5.90. The maximum absolute atomic E-state index is 12.6. The van der Waals surface area contributed by atoms with Crippen LogP contribution in [0.15, 0.2) is 5.38 Å². The summed E-state index contributed by atoms with van der Waals surface area (Å²) in [7, 11) is 1.25. The van der Waals surface area contributed by atoms with Crippen LogP contribution >= 0.6 is 11.3 Å². The van der Waals surface area contributed by atoms with Crippen LogP contribution in [0.1, 0.15) is 36.5 Å². The standard InChI is InChI=1S/C13H15F3N2O3S/c1-3-8(11-18-9(5-22-11)13(14,15)16)17-10(19)6-4-7(6)12(20)21-2/h5-8H,3-4H2,1-2H3,(H,17,19)/t6-,7-,8+/m0/s1. The number of alkyl halides is 3. The molecule has 122 valence electrons. The molecule has 1 aliphatic carbocycles. The van der Waals surface area contributed by atoms with E-state index in [0.717, 1.165) is 16.7 Å². The Kier molecular flexibility index (Phi) is 4.74. The summed E-state index contributed by atoms with van der Waals surface area (Å²) in [5.41, 5.74) is -0.959. The molecule has 1 aromatic rings. The van der Waals surface area contributed by atoms with Crippen LogP contribution in [-0.4, -0.2) is 24.0 Å². The highest BCUT2D eigenvalue weighted by molar-refractivity contribution is 7.09. The van der Waals surface area contributed by atoms with Crippen molar-refractivity contribution in [1.29, 1.82) is 0 Å². The van der Waals surface area contributed by atoms with Crippen LogP contribution < -0.4 is 5.32 Å². The molecule has 2 rings (SSSR count). The van der Waals surface area contributed by atoms with Crippen LogP contribution in [0.4, 0.5) is 13.2 Å². The van der Waals surface area contributed by atoms with Crippen LogP contribution in [0.25, 0.3) is 0 Å². The molecule has 1 saturated carbocycles. The summed E-state index contributed by atoms with van der Waals surface area (Å²) in [4.78, 5) is 26.9. The van der Waals surface area contributed by atoms with E-state index < -0.39 is 35.7 Å². The molecule has 1 heterocycles. The molecule has 3 atom stereocenters. The van der Waals surface area contributed by atoms with Gasteiger partial charge in [-0.25, -0.2) is 4.98 Å². The summed E-state index contributed by atoms with van der Waals surface area (Å²) in [6.07, 6.45) is -3.68. The lowest BCUT2D eigenvalue weighted by molar-refractivity contribution is -0.143. The van der Waals surface area contributed by atoms with Crippen LogP contribution in [0.5, 0.6) is 0 Å².